The van der Waals surface area contributed by atoms with Gasteiger partial charge in [-0.25, -0.2) is 70.2 Å². The zero-order valence-corrected chi connectivity index (χ0v) is 26.0. The van der Waals surface area contributed by atoms with Crippen LogP contribution in [-0.4, -0.2) is 33.7 Å². The van der Waals surface area contributed by atoms with Crippen LogP contribution >= 0.6 is 0 Å². The van der Waals surface area contributed by atoms with Crippen LogP contribution in [0.25, 0.3) is 0 Å². The Morgan fingerprint density at radius 3 is 0.685 bits per heavy atom. The number of hydrogen-bond acceptors (Lipinski definition) is 4. The van der Waals surface area contributed by atoms with E-state index in [2.05, 4.69) is 18.9 Å². The van der Waals surface area contributed by atoms with Crippen molar-refractivity contribution in [2.24, 2.45) is 0 Å². The summed E-state index contributed by atoms with van der Waals surface area (Å²) in [6.07, 6.45) is -7.06. The van der Waals surface area contributed by atoms with Crippen LogP contribution in [0.3, 0.4) is 0 Å². The fourth-order valence-electron chi connectivity index (χ4n) is 6.81. The zero-order valence-electron chi connectivity index (χ0n) is 26.0. The van der Waals surface area contributed by atoms with E-state index in [1.807, 2.05) is 0 Å². The Labute approximate surface area is 290 Å². The predicted molar refractivity (Wildman–Crippen MR) is 147 cm³/mol. The highest BCUT2D eigenvalue weighted by Crippen LogP contribution is 2.52. The number of hydrogen-bond donors (Lipinski definition) is 0. The van der Waals surface area contributed by atoms with E-state index in [1.54, 1.807) is 0 Å². The lowest BCUT2D eigenvalue weighted by molar-refractivity contribution is 0.352. The SMILES string of the molecule is Fc1c(F)c(C2CO2)c(F)c(F)c1BC(c1c(F)c(F)c(C2CO2)c(F)c1F)(c1c(F)c(F)c(C2CO2)c(F)c1F)c1c(F)c(F)c(C2CO2)c(F)c1F. The van der Waals surface area contributed by atoms with Crippen LogP contribution in [0, 0.1) is 93.1 Å². The van der Waals surface area contributed by atoms with Gasteiger partial charge in [0, 0.05) is 22.0 Å². The fraction of sp³-hybridized carbons (Fsp3) is 0.273. The molecule has 8 rings (SSSR count). The summed E-state index contributed by atoms with van der Waals surface area (Å²) in [5.74, 6) is -43.7. The number of rotatable bonds is 9. The average molecular weight is 788 g/mol. The molecule has 4 unspecified atom stereocenters. The zero-order chi connectivity index (χ0) is 39.0. The highest BCUT2D eigenvalue weighted by molar-refractivity contribution is 6.59. The Morgan fingerprint density at radius 1 is 0.315 bits per heavy atom. The van der Waals surface area contributed by atoms with Crippen LogP contribution in [0.5, 0.6) is 0 Å². The van der Waals surface area contributed by atoms with Crippen molar-refractivity contribution < 1.29 is 89.2 Å². The molecule has 4 aromatic carbocycles. The van der Waals surface area contributed by atoms with Gasteiger partial charge in [0.1, 0.15) is 24.4 Å². The van der Waals surface area contributed by atoms with E-state index >= 15 is 70.2 Å². The number of benzene rings is 4. The Balaban J connectivity index is 1.61. The molecule has 4 heterocycles. The maximum absolute atomic E-state index is 16.5. The van der Waals surface area contributed by atoms with E-state index in [9.17, 15) is 0 Å². The lowest BCUT2D eigenvalue weighted by atomic mass is 9.40. The summed E-state index contributed by atoms with van der Waals surface area (Å²) in [6, 6.07) is 0. The molecule has 0 bridgehead atoms. The normalized spacial score (nSPS) is 22.4. The Hall–Kier alpha value is -4.34. The number of epoxide rings is 4. The monoisotopic (exact) mass is 788 g/mol. The summed E-state index contributed by atoms with van der Waals surface area (Å²) < 4.78 is 274. The van der Waals surface area contributed by atoms with Crippen molar-refractivity contribution >= 4 is 12.7 Å². The fourth-order valence-corrected chi connectivity index (χ4v) is 6.81. The minimum absolute atomic E-state index is 0.542. The number of ether oxygens (including phenoxy) is 4. The molecule has 0 N–H and O–H groups in total. The van der Waals surface area contributed by atoms with E-state index in [0.717, 1.165) is 0 Å². The van der Waals surface area contributed by atoms with Gasteiger partial charge in [-0.15, -0.1) is 0 Å². The summed E-state index contributed by atoms with van der Waals surface area (Å²) in [4.78, 5) is 0. The summed E-state index contributed by atoms with van der Waals surface area (Å²) in [7, 11) is -2.81. The molecule has 4 atom stereocenters. The van der Waals surface area contributed by atoms with Gasteiger partial charge in [0.25, 0.3) is 0 Å². The number of halogens is 16. The predicted octanol–water partition coefficient (Wildman–Crippen LogP) is 7.25. The van der Waals surface area contributed by atoms with Crippen molar-refractivity contribution in [2.75, 3.05) is 26.4 Å². The summed E-state index contributed by atoms with van der Waals surface area (Å²) in [5.41, 5.74) is -17.2. The average Bonchev–Trinajstić information content (AvgIpc) is 3.92. The molecule has 0 spiro atoms. The van der Waals surface area contributed by atoms with Gasteiger partial charge in [0.2, 0.25) is 0 Å². The van der Waals surface area contributed by atoms with Crippen LogP contribution in [0.15, 0.2) is 0 Å². The second kappa shape index (κ2) is 12.3. The molecule has 0 amide bonds. The molecule has 0 radical (unpaired) electrons. The Morgan fingerprint density at radius 2 is 0.500 bits per heavy atom. The quantitative estimate of drug-likeness (QED) is 0.0590. The largest absolute Gasteiger partial charge is 0.368 e. The molecule has 4 aromatic rings. The lowest BCUT2D eigenvalue weighted by Gasteiger charge is -2.38. The molecule has 21 heteroatoms. The van der Waals surface area contributed by atoms with Crippen LogP contribution in [0.1, 0.15) is 63.4 Å². The Kier molecular flexibility index (Phi) is 8.37. The van der Waals surface area contributed by atoms with Crippen molar-refractivity contribution in [3.05, 3.63) is 132 Å². The van der Waals surface area contributed by atoms with Gasteiger partial charge >= 0.3 is 0 Å². The van der Waals surface area contributed by atoms with Crippen molar-refractivity contribution in [3.63, 3.8) is 0 Å². The van der Waals surface area contributed by atoms with Crippen molar-refractivity contribution in [1.29, 1.82) is 0 Å². The molecular weight excluding hydrogens is 775 g/mol. The molecule has 4 aliphatic heterocycles. The molecule has 4 fully saturated rings. The minimum Gasteiger partial charge on any atom is -0.368 e. The van der Waals surface area contributed by atoms with Crippen LogP contribution in [0.2, 0.25) is 0 Å². The maximum atomic E-state index is 16.5. The van der Waals surface area contributed by atoms with Gasteiger partial charge in [0.15, 0.2) is 100 Å². The van der Waals surface area contributed by atoms with E-state index in [-0.39, 0.29) is 0 Å². The third kappa shape index (κ3) is 5.10. The van der Waals surface area contributed by atoms with Gasteiger partial charge in [-0.05, 0) is 5.46 Å². The van der Waals surface area contributed by atoms with Crippen LogP contribution in [0.4, 0.5) is 70.2 Å². The second-order valence-corrected chi connectivity index (χ2v) is 12.7. The van der Waals surface area contributed by atoms with Gasteiger partial charge in [0.05, 0.1) is 48.7 Å². The first-order chi connectivity index (χ1) is 25.5. The van der Waals surface area contributed by atoms with Crippen LogP contribution in [-0.2, 0) is 24.3 Å². The van der Waals surface area contributed by atoms with E-state index in [0.29, 0.717) is 0 Å². The van der Waals surface area contributed by atoms with Crippen molar-refractivity contribution in [2.45, 2.75) is 29.7 Å². The third-order valence-corrected chi connectivity index (χ3v) is 9.62. The third-order valence-electron chi connectivity index (χ3n) is 9.62. The molecule has 0 aliphatic carbocycles. The first-order valence-electron chi connectivity index (χ1n) is 15.4. The van der Waals surface area contributed by atoms with Gasteiger partial charge in [-0.2, -0.15) is 0 Å². The molecule has 4 aliphatic rings. The summed E-state index contributed by atoms with van der Waals surface area (Å²) in [6.45, 7) is -2.42. The summed E-state index contributed by atoms with van der Waals surface area (Å²) in [5, 5.41) is -5.02. The molecule has 4 nitrogen and oxygen atoms in total. The summed E-state index contributed by atoms with van der Waals surface area (Å²) >= 11 is 0. The molecule has 284 valence electrons. The smallest absolute Gasteiger partial charge is 0.189 e. The van der Waals surface area contributed by atoms with E-state index in [4.69, 9.17) is 0 Å². The second-order valence-electron chi connectivity index (χ2n) is 12.7. The molecular formula is C33H13BF16O4. The van der Waals surface area contributed by atoms with Gasteiger partial charge in [-0.1, -0.05) is 0 Å². The Bertz CT molecular complexity index is 2030. The first kappa shape index (κ1) is 36.6. The minimum atomic E-state index is -5.02. The van der Waals surface area contributed by atoms with Crippen LogP contribution < -0.4 is 5.46 Å². The molecule has 4 saturated heterocycles. The van der Waals surface area contributed by atoms with Gasteiger partial charge < -0.3 is 18.9 Å². The van der Waals surface area contributed by atoms with E-state index in [1.165, 1.54) is 0 Å². The highest BCUT2D eigenvalue weighted by atomic mass is 19.2. The standard InChI is InChI=1S/C33H13BF16O4/c35-17-9(5-1-51-5)18(36)26(44)13(25(17)43)33(14-27(45)19(37)10(6-2-52-6)20(38)28(14)46,15-29(47)21(39)11(7-3-53-7)22(40)30(15)48)34-16-31(49)23(41)12(8-4-54-8)24(42)32(16)50/h5-8,34H,1-4H2. The maximum Gasteiger partial charge on any atom is 0.189 e. The topological polar surface area (TPSA) is 50.1 Å². The van der Waals surface area contributed by atoms with Gasteiger partial charge in [-0.3, -0.25) is 0 Å². The molecule has 0 saturated carbocycles. The first-order valence-corrected chi connectivity index (χ1v) is 15.4. The lowest BCUT2D eigenvalue weighted by Crippen LogP contribution is -2.50. The molecule has 0 aromatic heterocycles. The van der Waals surface area contributed by atoms with Crippen molar-refractivity contribution in [3.8, 4) is 0 Å². The van der Waals surface area contributed by atoms with E-state index < -0.39 is 201 Å². The molecule has 54 heavy (non-hydrogen) atoms. The van der Waals surface area contributed by atoms with Crippen molar-refractivity contribution in [1.82, 2.24) is 0 Å². The highest BCUT2D eigenvalue weighted by Gasteiger charge is 2.56.